The molecule has 0 aliphatic carbocycles. The van der Waals surface area contributed by atoms with Crippen molar-refractivity contribution < 1.29 is 4.74 Å². The summed E-state index contributed by atoms with van der Waals surface area (Å²) in [5, 5.41) is 0.685. The summed E-state index contributed by atoms with van der Waals surface area (Å²) in [7, 11) is 1.65. The molecule has 2 aromatic carbocycles. The molecule has 0 unspecified atom stereocenters. The minimum atomic E-state index is -0.0738. The zero-order valence-electron chi connectivity index (χ0n) is 15.9. The van der Waals surface area contributed by atoms with E-state index in [0.717, 1.165) is 31.5 Å². The van der Waals surface area contributed by atoms with Crippen molar-refractivity contribution >= 4 is 33.3 Å². The number of hydrogen-bond acceptors (Lipinski definition) is 5. The average Bonchev–Trinajstić information content (AvgIpc) is 3.04. The fraction of sp³-hybridized carbons (Fsp3) is 0.182. The van der Waals surface area contributed by atoms with Crippen LogP contribution in [0.2, 0.25) is 0 Å². The number of benzene rings is 2. The monoisotopic (exact) mass is 408 g/mol. The fourth-order valence-electron chi connectivity index (χ4n) is 3.12. The number of aryl methyl sites for hydroxylation is 2. The molecule has 4 nitrogen and oxygen atoms in total. The molecule has 28 heavy (non-hydrogen) atoms. The van der Waals surface area contributed by atoms with Crippen molar-refractivity contribution in [3.05, 3.63) is 75.1 Å². The Hall–Kier alpha value is -2.57. The lowest BCUT2D eigenvalue weighted by atomic mass is 10.0. The summed E-state index contributed by atoms with van der Waals surface area (Å²) in [6.45, 7) is 4.11. The molecule has 0 bridgehead atoms. The first-order valence-corrected chi connectivity index (χ1v) is 10.7. The van der Waals surface area contributed by atoms with E-state index in [0.29, 0.717) is 17.0 Å². The zero-order valence-corrected chi connectivity index (χ0v) is 17.5. The van der Waals surface area contributed by atoms with Gasteiger partial charge in [-0.05, 0) is 43.7 Å². The Labute approximate surface area is 171 Å². The van der Waals surface area contributed by atoms with Crippen LogP contribution >= 0.6 is 23.1 Å². The van der Waals surface area contributed by atoms with Crippen molar-refractivity contribution in [3.8, 4) is 16.9 Å². The van der Waals surface area contributed by atoms with Gasteiger partial charge in [0.25, 0.3) is 5.56 Å². The first kappa shape index (κ1) is 18.8. The summed E-state index contributed by atoms with van der Waals surface area (Å²) < 4.78 is 5.18. The molecule has 1 N–H and O–H groups in total. The third-order valence-corrected chi connectivity index (χ3v) is 6.58. The Balaban J connectivity index is 1.65. The van der Waals surface area contributed by atoms with Crippen molar-refractivity contribution in [1.29, 1.82) is 0 Å². The molecular formula is C22H20N2O2S2. The van der Waals surface area contributed by atoms with Gasteiger partial charge in [-0.15, -0.1) is 23.1 Å². The summed E-state index contributed by atoms with van der Waals surface area (Å²) in [6.07, 6.45) is 0. The smallest absolute Gasteiger partial charge is 0.260 e. The molecule has 0 saturated carbocycles. The molecule has 0 atom stereocenters. The third kappa shape index (κ3) is 3.70. The standard InChI is InChI=1S/C22H20N2O2S2/c1-13-4-6-15(7-5-13)19-14(2)28-22-20(19)21(25)23-18(24-22)12-27-17-10-8-16(26-3)9-11-17/h4-11H,12H2,1-3H3,(H,23,24,25). The Morgan fingerprint density at radius 1 is 1.07 bits per heavy atom. The van der Waals surface area contributed by atoms with Crippen LogP contribution in [0.4, 0.5) is 0 Å². The second-order valence-corrected chi connectivity index (χ2v) is 8.81. The highest BCUT2D eigenvalue weighted by molar-refractivity contribution is 7.98. The minimum absolute atomic E-state index is 0.0738. The van der Waals surface area contributed by atoms with E-state index in [1.54, 1.807) is 30.2 Å². The molecule has 0 aliphatic heterocycles. The number of rotatable bonds is 5. The van der Waals surface area contributed by atoms with E-state index in [-0.39, 0.29) is 5.56 Å². The second kappa shape index (κ2) is 7.81. The number of nitrogens with one attached hydrogen (secondary N) is 1. The Bertz CT molecular complexity index is 1180. The highest BCUT2D eigenvalue weighted by Crippen LogP contribution is 2.36. The van der Waals surface area contributed by atoms with Crippen LogP contribution in [0.5, 0.6) is 5.75 Å². The van der Waals surface area contributed by atoms with Crippen LogP contribution in [0.25, 0.3) is 21.3 Å². The van der Waals surface area contributed by atoms with Crippen LogP contribution in [0.3, 0.4) is 0 Å². The van der Waals surface area contributed by atoms with Crippen LogP contribution in [0.1, 0.15) is 16.3 Å². The van der Waals surface area contributed by atoms with Gasteiger partial charge in [0.1, 0.15) is 16.4 Å². The first-order valence-electron chi connectivity index (χ1n) is 8.91. The number of ether oxygens (including phenoxy) is 1. The molecule has 4 aromatic rings. The van der Waals surface area contributed by atoms with E-state index in [9.17, 15) is 4.79 Å². The molecular weight excluding hydrogens is 388 g/mol. The predicted molar refractivity (Wildman–Crippen MR) is 118 cm³/mol. The zero-order chi connectivity index (χ0) is 19.7. The summed E-state index contributed by atoms with van der Waals surface area (Å²) in [5.74, 6) is 2.12. The maximum atomic E-state index is 12.9. The van der Waals surface area contributed by atoms with Crippen LogP contribution in [0.15, 0.2) is 58.2 Å². The summed E-state index contributed by atoms with van der Waals surface area (Å²) in [6, 6.07) is 16.1. The molecule has 0 radical (unpaired) electrons. The maximum Gasteiger partial charge on any atom is 0.260 e. The number of hydrogen-bond donors (Lipinski definition) is 1. The minimum Gasteiger partial charge on any atom is -0.497 e. The normalized spacial score (nSPS) is 11.1. The van der Waals surface area contributed by atoms with Gasteiger partial charge in [0.2, 0.25) is 0 Å². The van der Waals surface area contributed by atoms with E-state index in [4.69, 9.17) is 9.72 Å². The Kier molecular flexibility index (Phi) is 5.24. The fourth-order valence-corrected chi connectivity index (χ4v) is 4.96. The molecule has 142 valence electrons. The number of thioether (sulfide) groups is 1. The summed E-state index contributed by atoms with van der Waals surface area (Å²) >= 11 is 3.21. The van der Waals surface area contributed by atoms with E-state index < -0.39 is 0 Å². The predicted octanol–water partition coefficient (Wildman–Crippen LogP) is 5.57. The second-order valence-electron chi connectivity index (χ2n) is 6.56. The molecule has 0 aliphatic rings. The lowest BCUT2D eigenvalue weighted by Crippen LogP contribution is -2.10. The lowest BCUT2D eigenvalue weighted by molar-refractivity contribution is 0.414. The van der Waals surface area contributed by atoms with E-state index >= 15 is 0 Å². The molecule has 2 aromatic heterocycles. The lowest BCUT2D eigenvalue weighted by Gasteiger charge is -2.05. The summed E-state index contributed by atoms with van der Waals surface area (Å²) in [5.41, 5.74) is 3.17. The molecule has 0 fully saturated rings. The van der Waals surface area contributed by atoms with Crippen molar-refractivity contribution in [2.24, 2.45) is 0 Å². The number of H-pyrrole nitrogens is 1. The first-order chi connectivity index (χ1) is 13.5. The van der Waals surface area contributed by atoms with Gasteiger partial charge in [-0.25, -0.2) is 4.98 Å². The molecule has 4 rings (SSSR count). The van der Waals surface area contributed by atoms with Crippen LogP contribution < -0.4 is 10.3 Å². The number of methoxy groups -OCH3 is 1. The van der Waals surface area contributed by atoms with E-state index in [1.807, 2.05) is 31.2 Å². The topological polar surface area (TPSA) is 55.0 Å². The van der Waals surface area contributed by atoms with Crippen LogP contribution in [-0.2, 0) is 5.75 Å². The van der Waals surface area contributed by atoms with Crippen molar-refractivity contribution in [2.75, 3.05) is 7.11 Å². The van der Waals surface area contributed by atoms with Gasteiger partial charge >= 0.3 is 0 Å². The SMILES string of the molecule is COc1ccc(SCc2nc3sc(C)c(-c4ccc(C)cc4)c3c(=O)[nH]2)cc1. The van der Waals surface area contributed by atoms with Gasteiger partial charge < -0.3 is 9.72 Å². The quantitative estimate of drug-likeness (QED) is 0.439. The highest BCUT2D eigenvalue weighted by Gasteiger charge is 2.16. The van der Waals surface area contributed by atoms with E-state index in [2.05, 4.69) is 36.2 Å². The molecule has 6 heteroatoms. The number of aromatic amines is 1. The van der Waals surface area contributed by atoms with Crippen LogP contribution in [0, 0.1) is 13.8 Å². The maximum absolute atomic E-state index is 12.9. The number of aromatic nitrogens is 2. The van der Waals surface area contributed by atoms with Gasteiger partial charge in [0.15, 0.2) is 0 Å². The molecule has 0 saturated heterocycles. The van der Waals surface area contributed by atoms with Gasteiger partial charge in [0, 0.05) is 15.3 Å². The number of thiophene rings is 1. The Morgan fingerprint density at radius 3 is 2.46 bits per heavy atom. The van der Waals surface area contributed by atoms with Gasteiger partial charge in [-0.1, -0.05) is 29.8 Å². The van der Waals surface area contributed by atoms with Crippen LogP contribution in [-0.4, -0.2) is 17.1 Å². The van der Waals surface area contributed by atoms with Gasteiger partial charge in [-0.2, -0.15) is 0 Å². The Morgan fingerprint density at radius 2 is 1.79 bits per heavy atom. The van der Waals surface area contributed by atoms with Gasteiger partial charge in [-0.3, -0.25) is 4.79 Å². The van der Waals surface area contributed by atoms with Crippen molar-refractivity contribution in [3.63, 3.8) is 0 Å². The molecule has 2 heterocycles. The highest BCUT2D eigenvalue weighted by atomic mass is 32.2. The van der Waals surface area contributed by atoms with Crippen molar-refractivity contribution in [2.45, 2.75) is 24.5 Å². The summed E-state index contributed by atoms with van der Waals surface area (Å²) in [4.78, 5) is 23.6. The average molecular weight is 409 g/mol. The number of nitrogens with zero attached hydrogens (tertiary/aromatic N) is 1. The van der Waals surface area contributed by atoms with Gasteiger partial charge in [0.05, 0.1) is 18.2 Å². The molecule has 0 spiro atoms. The van der Waals surface area contributed by atoms with Crippen molar-refractivity contribution in [1.82, 2.24) is 9.97 Å². The number of fused-ring (bicyclic) bond motifs is 1. The molecule has 0 amide bonds. The third-order valence-electron chi connectivity index (χ3n) is 4.56. The largest absolute Gasteiger partial charge is 0.497 e. The van der Waals surface area contributed by atoms with E-state index in [1.165, 1.54) is 5.56 Å².